The topological polar surface area (TPSA) is 89.8 Å². The molecule has 1 aliphatic rings. The number of carbonyl (C=O) groups is 2. The fourth-order valence-corrected chi connectivity index (χ4v) is 2.52. The van der Waals surface area contributed by atoms with E-state index in [9.17, 15) is 9.59 Å². The normalized spacial score (nSPS) is 13.0. The van der Waals surface area contributed by atoms with Crippen molar-refractivity contribution in [1.82, 2.24) is 10.6 Å². The zero-order valence-electron chi connectivity index (χ0n) is 15.6. The molecule has 3 rings (SSSR count). The molecule has 2 heterocycles. The van der Waals surface area contributed by atoms with Crippen LogP contribution < -0.4 is 20.1 Å². The maximum Gasteiger partial charge on any atom is 0.267 e. The van der Waals surface area contributed by atoms with Crippen LogP contribution in [0.25, 0.3) is 12.2 Å². The Morgan fingerprint density at radius 2 is 2.04 bits per heavy atom. The monoisotopic (exact) mass is 382 g/mol. The van der Waals surface area contributed by atoms with Crippen molar-refractivity contribution in [1.29, 1.82) is 0 Å². The van der Waals surface area contributed by atoms with Gasteiger partial charge in [-0.2, -0.15) is 0 Å². The first-order valence-corrected chi connectivity index (χ1v) is 9.08. The highest BCUT2D eigenvalue weighted by Crippen LogP contribution is 2.33. The fraction of sp³-hybridized carbons (Fsp3) is 0.238. The molecule has 0 saturated heterocycles. The first-order valence-electron chi connectivity index (χ1n) is 9.08. The van der Waals surface area contributed by atoms with Crippen molar-refractivity contribution in [2.75, 3.05) is 13.3 Å². The van der Waals surface area contributed by atoms with Crippen LogP contribution in [0.2, 0.25) is 0 Å². The maximum absolute atomic E-state index is 12.5. The van der Waals surface area contributed by atoms with E-state index in [0.29, 0.717) is 29.4 Å². The molecule has 1 aromatic carbocycles. The lowest BCUT2D eigenvalue weighted by Gasteiger charge is -2.10. The Kier molecular flexibility index (Phi) is 6.51. The third-order valence-corrected chi connectivity index (χ3v) is 3.97. The molecular weight excluding hydrogens is 360 g/mol. The summed E-state index contributed by atoms with van der Waals surface area (Å²) in [6.07, 6.45) is 7.77. The Morgan fingerprint density at radius 1 is 1.18 bits per heavy atom. The molecule has 0 atom stereocenters. The van der Waals surface area contributed by atoms with Gasteiger partial charge in [-0.3, -0.25) is 9.59 Å². The molecule has 1 aromatic heterocycles. The van der Waals surface area contributed by atoms with Gasteiger partial charge in [0.05, 0.1) is 6.26 Å². The largest absolute Gasteiger partial charge is 0.465 e. The van der Waals surface area contributed by atoms with E-state index in [4.69, 9.17) is 13.9 Å². The molecule has 7 nitrogen and oxygen atoms in total. The molecule has 2 amide bonds. The van der Waals surface area contributed by atoms with Gasteiger partial charge in [0.1, 0.15) is 11.5 Å². The first-order chi connectivity index (χ1) is 13.7. The summed E-state index contributed by atoms with van der Waals surface area (Å²) in [6.45, 7) is 2.74. The van der Waals surface area contributed by atoms with Crippen molar-refractivity contribution in [3.05, 3.63) is 59.7 Å². The van der Waals surface area contributed by atoms with Crippen LogP contribution in [0.3, 0.4) is 0 Å². The second-order valence-corrected chi connectivity index (χ2v) is 6.12. The summed E-state index contributed by atoms with van der Waals surface area (Å²) < 4.78 is 15.8. The van der Waals surface area contributed by atoms with Crippen molar-refractivity contribution >= 4 is 24.0 Å². The zero-order valence-corrected chi connectivity index (χ0v) is 15.6. The second kappa shape index (κ2) is 9.45. The molecule has 28 heavy (non-hydrogen) atoms. The Bertz CT molecular complexity index is 884. The molecule has 146 valence electrons. The minimum Gasteiger partial charge on any atom is -0.465 e. The Morgan fingerprint density at radius 3 is 2.82 bits per heavy atom. The van der Waals surface area contributed by atoms with Gasteiger partial charge in [-0.05, 0) is 48.4 Å². The number of rotatable bonds is 8. The van der Waals surface area contributed by atoms with Crippen molar-refractivity contribution in [2.45, 2.75) is 19.8 Å². The van der Waals surface area contributed by atoms with E-state index in [1.165, 1.54) is 18.4 Å². The third kappa shape index (κ3) is 5.26. The number of furan rings is 1. The standard InChI is InChI=1S/C21H22N2O5/c1-2-3-10-22-21(25)17(23-20(24)9-7-16-5-4-11-26-16)12-15-6-8-18-19(13-15)28-14-27-18/h4-9,11-13H,2-3,10,14H2,1H3,(H,22,25)(H,23,24)/b9-7+,17-12-. The molecule has 1 aliphatic heterocycles. The van der Waals surface area contributed by atoms with Crippen LogP contribution >= 0.6 is 0 Å². The molecule has 0 unspecified atom stereocenters. The van der Waals surface area contributed by atoms with E-state index in [0.717, 1.165) is 12.8 Å². The van der Waals surface area contributed by atoms with Crippen LogP contribution in [0.4, 0.5) is 0 Å². The fourth-order valence-electron chi connectivity index (χ4n) is 2.52. The number of fused-ring (bicyclic) bond motifs is 1. The molecule has 0 aliphatic carbocycles. The lowest BCUT2D eigenvalue weighted by Crippen LogP contribution is -2.34. The summed E-state index contributed by atoms with van der Waals surface area (Å²) in [5.74, 6) is 1.00. The third-order valence-electron chi connectivity index (χ3n) is 3.97. The molecule has 7 heteroatoms. The summed E-state index contributed by atoms with van der Waals surface area (Å²) in [5, 5.41) is 5.44. The van der Waals surface area contributed by atoms with Gasteiger partial charge >= 0.3 is 0 Å². The van der Waals surface area contributed by atoms with Gasteiger partial charge in [0.25, 0.3) is 5.91 Å². The number of hydrogen-bond donors (Lipinski definition) is 2. The Labute approximate surface area is 163 Å². The number of ether oxygens (including phenoxy) is 2. The van der Waals surface area contributed by atoms with Gasteiger partial charge in [-0.1, -0.05) is 19.4 Å². The van der Waals surface area contributed by atoms with Gasteiger partial charge in [-0.25, -0.2) is 0 Å². The van der Waals surface area contributed by atoms with E-state index in [2.05, 4.69) is 10.6 Å². The lowest BCUT2D eigenvalue weighted by atomic mass is 10.1. The Balaban J connectivity index is 1.76. The van der Waals surface area contributed by atoms with E-state index in [-0.39, 0.29) is 18.4 Å². The molecule has 0 radical (unpaired) electrons. The minimum absolute atomic E-state index is 0.143. The van der Waals surface area contributed by atoms with E-state index in [1.54, 1.807) is 36.4 Å². The van der Waals surface area contributed by atoms with Crippen LogP contribution in [0.15, 0.2) is 52.8 Å². The Hall–Kier alpha value is -3.48. The summed E-state index contributed by atoms with van der Waals surface area (Å²) >= 11 is 0. The van der Waals surface area contributed by atoms with Gasteiger partial charge in [0.2, 0.25) is 12.7 Å². The molecule has 2 N–H and O–H groups in total. The highest BCUT2D eigenvalue weighted by atomic mass is 16.7. The molecule has 0 saturated carbocycles. The number of hydrogen-bond acceptors (Lipinski definition) is 5. The molecule has 0 bridgehead atoms. The second-order valence-electron chi connectivity index (χ2n) is 6.12. The summed E-state index contributed by atoms with van der Waals surface area (Å²) in [5.41, 5.74) is 0.851. The molecule has 0 spiro atoms. The lowest BCUT2D eigenvalue weighted by molar-refractivity contribution is -0.121. The minimum atomic E-state index is -0.436. The van der Waals surface area contributed by atoms with Gasteiger partial charge in [0, 0.05) is 12.6 Å². The van der Waals surface area contributed by atoms with Gasteiger partial charge < -0.3 is 24.5 Å². The predicted octanol–water partition coefficient (Wildman–Crippen LogP) is 3.10. The highest BCUT2D eigenvalue weighted by Gasteiger charge is 2.15. The smallest absolute Gasteiger partial charge is 0.267 e. The number of unbranched alkanes of at least 4 members (excludes halogenated alkanes) is 1. The number of nitrogens with one attached hydrogen (secondary N) is 2. The average molecular weight is 382 g/mol. The average Bonchev–Trinajstić information content (AvgIpc) is 3.37. The van der Waals surface area contributed by atoms with Crippen LogP contribution in [-0.2, 0) is 9.59 Å². The summed E-state index contributed by atoms with van der Waals surface area (Å²) in [7, 11) is 0. The first kappa shape index (κ1) is 19.3. The van der Waals surface area contributed by atoms with Crippen molar-refractivity contribution < 1.29 is 23.5 Å². The van der Waals surface area contributed by atoms with E-state index in [1.807, 2.05) is 6.92 Å². The number of carbonyl (C=O) groups excluding carboxylic acids is 2. The quantitative estimate of drug-likeness (QED) is 0.541. The molecular formula is C21H22N2O5. The van der Waals surface area contributed by atoms with Crippen molar-refractivity contribution in [3.8, 4) is 11.5 Å². The number of benzene rings is 1. The number of amides is 2. The summed E-state index contributed by atoms with van der Waals surface area (Å²) in [4.78, 5) is 24.8. The van der Waals surface area contributed by atoms with Crippen LogP contribution in [-0.4, -0.2) is 25.2 Å². The predicted molar refractivity (Wildman–Crippen MR) is 104 cm³/mol. The van der Waals surface area contributed by atoms with Crippen LogP contribution in [0.1, 0.15) is 31.1 Å². The molecule has 0 fully saturated rings. The zero-order chi connectivity index (χ0) is 19.8. The van der Waals surface area contributed by atoms with Crippen molar-refractivity contribution in [3.63, 3.8) is 0 Å². The molecule has 2 aromatic rings. The SMILES string of the molecule is CCCCNC(=O)/C(=C/c1ccc2c(c1)OCO2)NC(=O)/C=C/c1ccco1. The van der Waals surface area contributed by atoms with Crippen molar-refractivity contribution in [2.24, 2.45) is 0 Å². The van der Waals surface area contributed by atoms with Crippen LogP contribution in [0.5, 0.6) is 11.5 Å². The van der Waals surface area contributed by atoms with Gasteiger partial charge in [0.15, 0.2) is 11.5 Å². The maximum atomic E-state index is 12.5. The highest BCUT2D eigenvalue weighted by molar-refractivity contribution is 6.04. The van der Waals surface area contributed by atoms with E-state index < -0.39 is 5.91 Å². The van der Waals surface area contributed by atoms with Crippen LogP contribution in [0, 0.1) is 0 Å². The van der Waals surface area contributed by atoms with E-state index >= 15 is 0 Å². The summed E-state index contributed by atoms with van der Waals surface area (Å²) in [6, 6.07) is 8.76. The van der Waals surface area contributed by atoms with Gasteiger partial charge in [-0.15, -0.1) is 0 Å².